The number of hydrogen-bond donors (Lipinski definition) is 0. The highest BCUT2D eigenvalue weighted by Crippen LogP contribution is 2.34. The quantitative estimate of drug-likeness (QED) is 0.680. The molecule has 0 atom stereocenters. The van der Waals surface area contributed by atoms with Crippen LogP contribution >= 0.6 is 11.6 Å². The van der Waals surface area contributed by atoms with Crippen molar-refractivity contribution in [2.24, 2.45) is 5.92 Å². The second kappa shape index (κ2) is 6.32. The van der Waals surface area contributed by atoms with Crippen molar-refractivity contribution in [3.8, 4) is 11.5 Å². The number of nitrogens with zero attached hydrogens (tertiary/aromatic N) is 3. The van der Waals surface area contributed by atoms with Gasteiger partial charge in [0.15, 0.2) is 5.65 Å². The highest BCUT2D eigenvalue weighted by Gasteiger charge is 2.24. The maximum atomic E-state index is 6.45. The van der Waals surface area contributed by atoms with Gasteiger partial charge >= 0.3 is 0 Å². The number of halogens is 1. The largest absolute Gasteiger partial charge is 0.497 e. The van der Waals surface area contributed by atoms with Crippen molar-refractivity contribution < 1.29 is 9.47 Å². The molecule has 0 spiro atoms. The second-order valence-electron chi connectivity index (χ2n) is 6.09. The zero-order valence-corrected chi connectivity index (χ0v) is 14.2. The normalized spacial score (nSPS) is 14.1. The zero-order chi connectivity index (χ0) is 16.5. The van der Waals surface area contributed by atoms with Crippen LogP contribution in [-0.2, 0) is 13.0 Å². The molecule has 2 aromatic heterocycles. The van der Waals surface area contributed by atoms with E-state index in [1.54, 1.807) is 7.11 Å². The summed E-state index contributed by atoms with van der Waals surface area (Å²) in [6, 6.07) is 9.63. The highest BCUT2D eigenvalue weighted by molar-refractivity contribution is 6.34. The van der Waals surface area contributed by atoms with E-state index in [4.69, 9.17) is 21.1 Å². The van der Waals surface area contributed by atoms with Gasteiger partial charge in [0.25, 0.3) is 0 Å². The van der Waals surface area contributed by atoms with E-state index < -0.39 is 0 Å². The van der Waals surface area contributed by atoms with E-state index in [0.717, 1.165) is 29.5 Å². The summed E-state index contributed by atoms with van der Waals surface area (Å²) in [5, 5.41) is 9.00. The summed E-state index contributed by atoms with van der Waals surface area (Å²) >= 11 is 6.45. The molecule has 1 fully saturated rings. The summed E-state index contributed by atoms with van der Waals surface area (Å²) in [4.78, 5) is 0. The number of benzene rings is 1. The van der Waals surface area contributed by atoms with Gasteiger partial charge in [0.05, 0.1) is 7.11 Å². The van der Waals surface area contributed by atoms with Crippen LogP contribution in [0.15, 0.2) is 36.5 Å². The van der Waals surface area contributed by atoms with Gasteiger partial charge in [0, 0.05) is 12.6 Å². The summed E-state index contributed by atoms with van der Waals surface area (Å²) in [6.07, 6.45) is 5.46. The standard InChI is InChI=1S/C18H18ClN3O2/c1-23-14-6-4-13(5-7-14)11-24-15-8-9-22-16(10-12-2-3-12)20-21-18(22)17(15)19/h4-9,12H,2-3,10-11H2,1H3. The molecule has 0 unspecified atom stereocenters. The number of fused-ring (bicyclic) bond motifs is 1. The van der Waals surface area contributed by atoms with E-state index in [-0.39, 0.29) is 0 Å². The Morgan fingerprint density at radius 2 is 1.96 bits per heavy atom. The van der Waals surface area contributed by atoms with Gasteiger partial charge in [-0.3, -0.25) is 4.40 Å². The van der Waals surface area contributed by atoms with Gasteiger partial charge in [-0.25, -0.2) is 0 Å². The van der Waals surface area contributed by atoms with Crippen molar-refractivity contribution in [2.75, 3.05) is 7.11 Å². The Morgan fingerprint density at radius 3 is 2.67 bits per heavy atom. The van der Waals surface area contributed by atoms with Gasteiger partial charge in [-0.1, -0.05) is 23.7 Å². The fourth-order valence-electron chi connectivity index (χ4n) is 2.67. The van der Waals surface area contributed by atoms with Crippen molar-refractivity contribution in [3.05, 3.63) is 52.9 Å². The summed E-state index contributed by atoms with van der Waals surface area (Å²) < 4.78 is 13.0. The minimum Gasteiger partial charge on any atom is -0.497 e. The van der Waals surface area contributed by atoms with Crippen LogP contribution < -0.4 is 9.47 Å². The number of hydrogen-bond acceptors (Lipinski definition) is 4. The lowest BCUT2D eigenvalue weighted by molar-refractivity contribution is 0.306. The van der Waals surface area contributed by atoms with Crippen LogP contribution in [0, 0.1) is 5.92 Å². The number of pyridine rings is 1. The van der Waals surface area contributed by atoms with Gasteiger partial charge in [0.2, 0.25) is 0 Å². The third kappa shape index (κ3) is 3.04. The van der Waals surface area contributed by atoms with Gasteiger partial charge in [0.1, 0.15) is 29.0 Å². The minimum atomic E-state index is 0.433. The molecular weight excluding hydrogens is 326 g/mol. The highest BCUT2D eigenvalue weighted by atomic mass is 35.5. The molecule has 3 aromatic rings. The molecule has 24 heavy (non-hydrogen) atoms. The van der Waals surface area contributed by atoms with E-state index in [9.17, 15) is 0 Å². The third-order valence-corrected chi connectivity index (χ3v) is 4.63. The summed E-state index contributed by atoms with van der Waals surface area (Å²) in [5.74, 6) is 3.16. The van der Waals surface area contributed by atoms with Crippen molar-refractivity contribution in [1.29, 1.82) is 0 Å². The van der Waals surface area contributed by atoms with Crippen LogP contribution in [-0.4, -0.2) is 21.7 Å². The fraction of sp³-hybridized carbons (Fsp3) is 0.333. The molecule has 0 N–H and O–H groups in total. The number of rotatable bonds is 6. The average molecular weight is 344 g/mol. The Morgan fingerprint density at radius 1 is 1.17 bits per heavy atom. The lowest BCUT2D eigenvalue weighted by atomic mass is 10.2. The molecular formula is C18H18ClN3O2. The van der Waals surface area contributed by atoms with E-state index in [0.29, 0.717) is 23.0 Å². The number of ether oxygens (including phenoxy) is 2. The summed E-state index contributed by atoms with van der Waals surface area (Å²) in [6.45, 7) is 0.433. The Labute approximate surface area is 145 Å². The minimum absolute atomic E-state index is 0.433. The Bertz CT molecular complexity index is 857. The summed E-state index contributed by atoms with van der Waals surface area (Å²) in [7, 11) is 1.65. The number of aromatic nitrogens is 3. The third-order valence-electron chi connectivity index (χ3n) is 4.28. The molecule has 0 saturated heterocycles. The Hall–Kier alpha value is -2.27. The first kappa shape index (κ1) is 15.3. The molecule has 4 rings (SSSR count). The molecule has 0 aliphatic heterocycles. The van der Waals surface area contributed by atoms with E-state index in [1.807, 2.05) is 40.9 Å². The van der Waals surface area contributed by atoms with Crippen LogP contribution in [0.5, 0.6) is 11.5 Å². The molecule has 124 valence electrons. The number of methoxy groups -OCH3 is 1. The molecule has 2 heterocycles. The lowest BCUT2D eigenvalue weighted by Gasteiger charge is -2.09. The first-order chi connectivity index (χ1) is 11.7. The van der Waals surface area contributed by atoms with Crippen LogP contribution in [0.2, 0.25) is 5.02 Å². The second-order valence-corrected chi connectivity index (χ2v) is 6.47. The fourth-order valence-corrected chi connectivity index (χ4v) is 2.92. The monoisotopic (exact) mass is 343 g/mol. The summed E-state index contributed by atoms with van der Waals surface area (Å²) in [5.41, 5.74) is 1.70. The maximum Gasteiger partial charge on any atom is 0.183 e. The maximum absolute atomic E-state index is 6.45. The molecule has 1 aromatic carbocycles. The van der Waals surface area contributed by atoms with Gasteiger partial charge in [-0.05, 0) is 42.5 Å². The van der Waals surface area contributed by atoms with Gasteiger partial charge in [-0.15, -0.1) is 10.2 Å². The van der Waals surface area contributed by atoms with Crippen molar-refractivity contribution in [3.63, 3.8) is 0 Å². The molecule has 1 aliphatic carbocycles. The van der Waals surface area contributed by atoms with Gasteiger partial charge in [-0.2, -0.15) is 0 Å². The van der Waals surface area contributed by atoms with Crippen LogP contribution in [0.4, 0.5) is 0 Å². The zero-order valence-electron chi connectivity index (χ0n) is 13.4. The van der Waals surface area contributed by atoms with E-state index in [2.05, 4.69) is 10.2 Å². The topological polar surface area (TPSA) is 48.7 Å². The Kier molecular flexibility index (Phi) is 4.02. The predicted molar refractivity (Wildman–Crippen MR) is 91.8 cm³/mol. The molecule has 1 aliphatic rings. The average Bonchev–Trinajstić information content (AvgIpc) is 3.34. The van der Waals surface area contributed by atoms with Crippen molar-refractivity contribution in [2.45, 2.75) is 25.9 Å². The molecule has 6 heteroatoms. The van der Waals surface area contributed by atoms with Crippen LogP contribution in [0.1, 0.15) is 24.2 Å². The smallest absolute Gasteiger partial charge is 0.183 e. The van der Waals surface area contributed by atoms with Crippen LogP contribution in [0.25, 0.3) is 5.65 Å². The van der Waals surface area contributed by atoms with Crippen LogP contribution in [0.3, 0.4) is 0 Å². The van der Waals surface area contributed by atoms with E-state index >= 15 is 0 Å². The lowest BCUT2D eigenvalue weighted by Crippen LogP contribution is -1.99. The molecule has 0 radical (unpaired) electrons. The van der Waals surface area contributed by atoms with Crippen molar-refractivity contribution >= 4 is 17.2 Å². The SMILES string of the molecule is COc1ccc(COc2ccn3c(CC4CC4)nnc3c2Cl)cc1. The predicted octanol–water partition coefficient (Wildman–Crippen LogP) is 3.92. The molecule has 1 saturated carbocycles. The molecule has 0 amide bonds. The van der Waals surface area contributed by atoms with Gasteiger partial charge < -0.3 is 9.47 Å². The Balaban J connectivity index is 1.52. The molecule has 5 nitrogen and oxygen atoms in total. The van der Waals surface area contributed by atoms with Crippen molar-refractivity contribution in [1.82, 2.24) is 14.6 Å². The first-order valence-corrected chi connectivity index (χ1v) is 8.40. The first-order valence-electron chi connectivity index (χ1n) is 8.02. The van der Waals surface area contributed by atoms with E-state index in [1.165, 1.54) is 12.8 Å². The molecule has 0 bridgehead atoms.